The number of halogens is 1. The highest BCUT2D eigenvalue weighted by molar-refractivity contribution is 7.89. The minimum atomic E-state index is -3.47. The van der Waals surface area contributed by atoms with E-state index in [0.29, 0.717) is 41.7 Å². The number of carbonyl (C=O) groups is 1. The van der Waals surface area contributed by atoms with Gasteiger partial charge >= 0.3 is 0 Å². The van der Waals surface area contributed by atoms with Crippen LogP contribution in [0.5, 0.6) is 5.75 Å². The monoisotopic (exact) mass is 446 g/mol. The van der Waals surface area contributed by atoms with Crippen molar-refractivity contribution in [3.05, 3.63) is 52.5 Å². The lowest BCUT2D eigenvalue weighted by Crippen LogP contribution is -2.44. The van der Waals surface area contributed by atoms with Crippen LogP contribution >= 0.6 is 11.6 Å². The quantitative estimate of drug-likeness (QED) is 0.724. The molecular formula is C22H23ClN2O4S. The number of benzene rings is 2. The third-order valence-corrected chi connectivity index (χ3v) is 8.24. The van der Waals surface area contributed by atoms with Gasteiger partial charge in [0.2, 0.25) is 10.0 Å². The first-order valence-electron chi connectivity index (χ1n) is 10.3. The molecule has 0 spiro atoms. The van der Waals surface area contributed by atoms with Gasteiger partial charge in [-0.15, -0.1) is 0 Å². The summed E-state index contributed by atoms with van der Waals surface area (Å²) in [6, 6.07) is 10.5. The van der Waals surface area contributed by atoms with Gasteiger partial charge in [-0.2, -0.15) is 4.31 Å². The van der Waals surface area contributed by atoms with Crippen molar-refractivity contribution in [3.63, 3.8) is 0 Å². The molecule has 8 heteroatoms. The topological polar surface area (TPSA) is 66.9 Å². The van der Waals surface area contributed by atoms with Crippen molar-refractivity contribution in [1.29, 1.82) is 0 Å². The van der Waals surface area contributed by atoms with E-state index in [1.54, 1.807) is 39.5 Å². The summed E-state index contributed by atoms with van der Waals surface area (Å²) in [5.41, 5.74) is 2.61. The molecule has 3 heterocycles. The van der Waals surface area contributed by atoms with Crippen molar-refractivity contribution in [2.45, 2.75) is 43.1 Å². The van der Waals surface area contributed by atoms with Gasteiger partial charge in [0.05, 0.1) is 4.90 Å². The number of fused-ring (bicyclic) bond motifs is 2. The molecule has 158 valence electrons. The lowest BCUT2D eigenvalue weighted by atomic mass is 10.0. The van der Waals surface area contributed by atoms with Gasteiger partial charge in [-0.05, 0) is 73.2 Å². The van der Waals surface area contributed by atoms with Crippen molar-refractivity contribution in [1.82, 2.24) is 4.31 Å². The van der Waals surface area contributed by atoms with Gasteiger partial charge in [-0.1, -0.05) is 11.6 Å². The molecule has 0 aliphatic carbocycles. The molecule has 0 aromatic heterocycles. The molecule has 3 aliphatic rings. The lowest BCUT2D eigenvalue weighted by Gasteiger charge is -2.31. The molecule has 0 saturated carbocycles. The van der Waals surface area contributed by atoms with Crippen molar-refractivity contribution >= 4 is 33.2 Å². The summed E-state index contributed by atoms with van der Waals surface area (Å²) in [5.74, 6) is 0.598. The zero-order valence-corrected chi connectivity index (χ0v) is 18.1. The van der Waals surface area contributed by atoms with E-state index in [1.807, 2.05) is 6.07 Å². The number of ether oxygens (including phenoxy) is 1. The van der Waals surface area contributed by atoms with Gasteiger partial charge in [0.25, 0.3) is 5.91 Å². The number of nitrogens with zero attached hydrogens (tertiary/aromatic N) is 2. The van der Waals surface area contributed by atoms with Crippen LogP contribution in [0.1, 0.15) is 30.4 Å². The van der Waals surface area contributed by atoms with Crippen LogP contribution in [0.4, 0.5) is 5.69 Å². The fraction of sp³-hybridized carbons (Fsp3) is 0.409. The zero-order valence-electron chi connectivity index (χ0n) is 16.5. The maximum atomic E-state index is 13.2. The Morgan fingerprint density at radius 1 is 1.00 bits per heavy atom. The maximum Gasteiger partial charge on any atom is 0.268 e. The normalized spacial score (nSPS) is 21.2. The SMILES string of the molecule is O=C([C@@H]1Cc2cc(Cl)ccc2O1)N1CCCc2cc(S(=O)(=O)N3CCCC3)ccc21. The van der Waals surface area contributed by atoms with Crippen LogP contribution in [0.25, 0.3) is 0 Å². The third-order valence-electron chi connectivity index (χ3n) is 6.11. The molecule has 0 unspecified atom stereocenters. The van der Waals surface area contributed by atoms with Crippen LogP contribution in [0.15, 0.2) is 41.3 Å². The molecule has 30 heavy (non-hydrogen) atoms. The summed E-state index contributed by atoms with van der Waals surface area (Å²) in [7, 11) is -3.47. The highest BCUT2D eigenvalue weighted by Crippen LogP contribution is 2.35. The summed E-state index contributed by atoms with van der Waals surface area (Å²) in [6.45, 7) is 1.75. The Kier molecular flexibility index (Phi) is 5.00. The van der Waals surface area contributed by atoms with Crippen LogP contribution in [0.3, 0.4) is 0 Å². The highest BCUT2D eigenvalue weighted by atomic mass is 35.5. The number of aryl methyl sites for hydroxylation is 1. The van der Waals surface area contributed by atoms with Crippen molar-refractivity contribution in [2.24, 2.45) is 0 Å². The number of rotatable bonds is 3. The van der Waals surface area contributed by atoms with E-state index >= 15 is 0 Å². The number of sulfonamides is 1. The van der Waals surface area contributed by atoms with Crippen LogP contribution < -0.4 is 9.64 Å². The van der Waals surface area contributed by atoms with Crippen LogP contribution in [0.2, 0.25) is 5.02 Å². The Hall–Kier alpha value is -2.09. The van der Waals surface area contributed by atoms with E-state index in [2.05, 4.69) is 0 Å². The summed E-state index contributed by atoms with van der Waals surface area (Å²) in [6.07, 6.45) is 3.25. The number of anilines is 1. The molecule has 3 aliphatic heterocycles. The van der Waals surface area contributed by atoms with Crippen molar-refractivity contribution in [3.8, 4) is 5.75 Å². The van der Waals surface area contributed by atoms with E-state index in [1.165, 1.54) is 0 Å². The Morgan fingerprint density at radius 3 is 2.60 bits per heavy atom. The molecule has 2 aromatic rings. The lowest BCUT2D eigenvalue weighted by molar-refractivity contribution is -0.124. The summed E-state index contributed by atoms with van der Waals surface area (Å²) in [5, 5.41) is 0.625. The fourth-order valence-electron chi connectivity index (χ4n) is 4.57. The van der Waals surface area contributed by atoms with Gasteiger partial charge in [0.1, 0.15) is 5.75 Å². The minimum Gasteiger partial charge on any atom is -0.480 e. The van der Waals surface area contributed by atoms with Gasteiger partial charge < -0.3 is 9.64 Å². The molecule has 5 rings (SSSR count). The van der Waals surface area contributed by atoms with Crippen LogP contribution in [-0.2, 0) is 27.7 Å². The van der Waals surface area contributed by atoms with Crippen molar-refractivity contribution in [2.75, 3.05) is 24.5 Å². The molecule has 6 nitrogen and oxygen atoms in total. The maximum absolute atomic E-state index is 13.2. The van der Waals surface area contributed by atoms with E-state index in [0.717, 1.165) is 42.5 Å². The number of hydrogen-bond acceptors (Lipinski definition) is 4. The largest absolute Gasteiger partial charge is 0.480 e. The number of amides is 1. The minimum absolute atomic E-state index is 0.0987. The van der Waals surface area contributed by atoms with E-state index in [-0.39, 0.29) is 5.91 Å². The first-order valence-corrected chi connectivity index (χ1v) is 12.1. The predicted octanol–water partition coefficient (Wildman–Crippen LogP) is 3.41. The first kappa shape index (κ1) is 19.8. The van der Waals surface area contributed by atoms with Crippen LogP contribution in [0, 0.1) is 0 Å². The van der Waals surface area contributed by atoms with Gasteiger partial charge in [0.15, 0.2) is 6.10 Å². The molecule has 1 saturated heterocycles. The van der Waals surface area contributed by atoms with E-state index < -0.39 is 16.1 Å². The zero-order chi connectivity index (χ0) is 20.9. The number of carbonyl (C=O) groups excluding carboxylic acids is 1. The van der Waals surface area contributed by atoms with Crippen LogP contribution in [-0.4, -0.2) is 44.4 Å². The summed E-state index contributed by atoms with van der Waals surface area (Å²) in [4.78, 5) is 15.3. The Balaban J connectivity index is 1.40. The van der Waals surface area contributed by atoms with Crippen molar-refractivity contribution < 1.29 is 17.9 Å². The molecule has 1 fully saturated rings. The van der Waals surface area contributed by atoms with E-state index in [4.69, 9.17) is 16.3 Å². The molecule has 1 atom stereocenters. The Morgan fingerprint density at radius 2 is 1.80 bits per heavy atom. The molecule has 0 bridgehead atoms. The molecule has 2 aromatic carbocycles. The van der Waals surface area contributed by atoms with Gasteiger partial charge in [-0.25, -0.2) is 8.42 Å². The first-order chi connectivity index (χ1) is 14.4. The molecule has 0 N–H and O–H groups in total. The molecular weight excluding hydrogens is 424 g/mol. The molecule has 0 radical (unpaired) electrons. The average molecular weight is 447 g/mol. The third kappa shape index (κ3) is 3.39. The second-order valence-corrected chi connectivity index (χ2v) is 10.4. The van der Waals surface area contributed by atoms with Gasteiger partial charge in [-0.3, -0.25) is 4.79 Å². The standard InChI is InChI=1S/C22H23ClN2O4S/c23-17-5-8-20-16(12-17)14-21(29-20)22(26)25-11-3-4-15-13-18(6-7-19(15)25)30(27,28)24-9-1-2-10-24/h5-8,12-13,21H,1-4,9-11,14H2/t21-/m0/s1. The smallest absolute Gasteiger partial charge is 0.268 e. The summed E-state index contributed by atoms with van der Waals surface area (Å²) < 4.78 is 33.3. The number of hydrogen-bond donors (Lipinski definition) is 0. The Bertz CT molecular complexity index is 1110. The fourth-order valence-corrected chi connectivity index (χ4v) is 6.33. The van der Waals surface area contributed by atoms with E-state index in [9.17, 15) is 13.2 Å². The van der Waals surface area contributed by atoms with Gasteiger partial charge in [0, 0.05) is 36.8 Å². The second-order valence-electron chi connectivity index (χ2n) is 8.06. The average Bonchev–Trinajstić information content (AvgIpc) is 3.42. The Labute approximate surface area is 181 Å². The predicted molar refractivity (Wildman–Crippen MR) is 115 cm³/mol. The summed E-state index contributed by atoms with van der Waals surface area (Å²) >= 11 is 6.06. The second kappa shape index (κ2) is 7.55. The highest BCUT2D eigenvalue weighted by Gasteiger charge is 2.35. The molecule has 1 amide bonds.